The van der Waals surface area contributed by atoms with Gasteiger partial charge in [-0.05, 0) is 163 Å². The van der Waals surface area contributed by atoms with Gasteiger partial charge in [-0.25, -0.2) is 16.8 Å². The molecule has 0 unspecified atom stereocenters. The highest BCUT2D eigenvalue weighted by molar-refractivity contribution is 7.99. The van der Waals surface area contributed by atoms with Crippen molar-refractivity contribution >= 4 is 31.4 Å². The van der Waals surface area contributed by atoms with Crippen molar-refractivity contribution in [1.29, 1.82) is 0 Å². The summed E-state index contributed by atoms with van der Waals surface area (Å²) in [4.78, 5) is 2.20. The standard InChI is InChI=1S/2C23H34O4S.C23H34O2S/c2*1-21(2)9-7-10-22(3)18(21)8-11-23(4)19(22)14-28(24,25)17-13-15(26-5)12-16(27-6)20(17)23;1-21(2)9-7-10-22(3)18(21)8-11-23(4)19(22)14-26-17-13-15(24-5)12-16(25-6)20(17)23/h2*12-13,18-19H,7-11,14H2,1-6H3;12-13,18-19H,7-11,14H2,1-6H3/t3*18-,19+,22-,23+/m000/s1. The Morgan fingerprint density at radius 2 is 0.695 bits per heavy atom. The van der Waals surface area contributed by atoms with Gasteiger partial charge < -0.3 is 28.4 Å². The van der Waals surface area contributed by atoms with E-state index in [2.05, 4.69) is 95.2 Å². The van der Waals surface area contributed by atoms with Crippen LogP contribution >= 0.6 is 11.8 Å². The van der Waals surface area contributed by atoms with E-state index >= 15 is 0 Å². The van der Waals surface area contributed by atoms with Gasteiger partial charge in [0.1, 0.15) is 34.5 Å². The summed E-state index contributed by atoms with van der Waals surface area (Å²) in [6.45, 7) is 29.0. The molecule has 0 N–H and O–H groups in total. The minimum Gasteiger partial charge on any atom is -0.497 e. The van der Waals surface area contributed by atoms with Gasteiger partial charge in [0.2, 0.25) is 0 Å². The molecule has 0 saturated heterocycles. The number of ether oxygens (including phenoxy) is 6. The Kier molecular flexibility index (Phi) is 15.8. The summed E-state index contributed by atoms with van der Waals surface area (Å²) in [6, 6.07) is 11.4. The first-order chi connectivity index (χ1) is 38.2. The fourth-order valence-electron chi connectivity index (χ4n) is 21.6. The molecular weight excluding hydrogens is 1080 g/mol. The van der Waals surface area contributed by atoms with E-state index in [1.807, 2.05) is 31.0 Å². The number of hydrogen-bond acceptors (Lipinski definition) is 11. The summed E-state index contributed by atoms with van der Waals surface area (Å²) in [5.74, 6) is 8.92. The Hall–Kier alpha value is -3.29. The fraction of sp³-hybridized carbons (Fsp3) is 0.739. The molecule has 3 heterocycles. The van der Waals surface area contributed by atoms with Gasteiger partial charge in [0, 0.05) is 61.8 Å². The number of fused-ring (bicyclic) bond motifs is 15. The second-order valence-electron chi connectivity index (χ2n) is 30.7. The third-order valence-electron chi connectivity index (χ3n) is 25.4. The number of thioether (sulfide) groups is 1. The van der Waals surface area contributed by atoms with E-state index in [0.29, 0.717) is 61.4 Å². The normalized spacial score (nSPS) is 37.9. The van der Waals surface area contributed by atoms with E-state index in [-0.39, 0.29) is 61.2 Å². The van der Waals surface area contributed by atoms with Crippen LogP contribution in [0.3, 0.4) is 0 Å². The minimum absolute atomic E-state index is 0.0322. The third-order valence-corrected chi connectivity index (χ3v) is 30.1. The van der Waals surface area contributed by atoms with E-state index < -0.39 is 19.7 Å². The lowest BCUT2D eigenvalue weighted by atomic mass is 9.43. The van der Waals surface area contributed by atoms with Crippen LogP contribution in [0.2, 0.25) is 0 Å². The summed E-state index contributed by atoms with van der Waals surface area (Å²) in [6.07, 6.45) is 18.1. The van der Waals surface area contributed by atoms with Gasteiger partial charge in [-0.1, -0.05) is 102 Å². The SMILES string of the molecule is COc1cc(OC)c2c(c1)S(=O)(=O)C[C@@H]1[C@@]3(C)CCCC(C)(C)[C@@H]3CC[C@@]21C.COc1cc(OC)c2c(c1)S(=O)(=O)C[C@@H]1[C@@]3(C)CCCC(C)(C)[C@@H]3CC[C@@]21C.COc1cc(OC)c2c(c1)SC[C@@H]1[C@@]3(C)CCCC(C)(C)[C@@H]3CC[C@@]21C. The van der Waals surface area contributed by atoms with Gasteiger partial charge in [-0.15, -0.1) is 11.8 Å². The van der Waals surface area contributed by atoms with E-state index in [1.165, 1.54) is 74.0 Å². The number of hydrogen-bond donors (Lipinski definition) is 0. The Bertz CT molecular complexity index is 3020. The molecule has 3 aromatic rings. The quantitative estimate of drug-likeness (QED) is 0.234. The van der Waals surface area contributed by atoms with Crippen LogP contribution in [-0.4, -0.2) is 76.8 Å². The van der Waals surface area contributed by atoms with E-state index in [1.54, 1.807) is 47.7 Å². The predicted octanol–water partition coefficient (Wildman–Crippen LogP) is 16.3. The van der Waals surface area contributed by atoms with Crippen molar-refractivity contribution in [3.05, 3.63) is 53.1 Å². The van der Waals surface area contributed by atoms with Crippen LogP contribution in [0.5, 0.6) is 34.5 Å². The molecule has 0 bridgehead atoms. The Morgan fingerprint density at radius 3 is 1.04 bits per heavy atom. The molecular formula is C69H102O10S3. The van der Waals surface area contributed by atoms with Crippen LogP contribution in [0.4, 0.5) is 0 Å². The van der Waals surface area contributed by atoms with Crippen LogP contribution in [0, 0.1) is 68.0 Å². The van der Waals surface area contributed by atoms with Gasteiger partial charge in [-0.3, -0.25) is 0 Å². The van der Waals surface area contributed by atoms with Gasteiger partial charge in [-0.2, -0.15) is 0 Å². The van der Waals surface area contributed by atoms with E-state index in [9.17, 15) is 16.8 Å². The van der Waals surface area contributed by atoms with Crippen molar-refractivity contribution in [3.8, 4) is 34.5 Å². The van der Waals surface area contributed by atoms with Crippen molar-refractivity contribution in [2.75, 3.05) is 59.9 Å². The summed E-state index contributed by atoms with van der Waals surface area (Å²) in [7, 11) is 3.15. The maximum Gasteiger partial charge on any atom is 0.179 e. The summed E-state index contributed by atoms with van der Waals surface area (Å²) in [5, 5.41) is 0. The fourth-order valence-corrected chi connectivity index (χ4v) is 28.0. The highest BCUT2D eigenvalue weighted by Gasteiger charge is 2.65. The molecule has 6 saturated carbocycles. The molecule has 0 spiro atoms. The first-order valence-electron chi connectivity index (χ1n) is 31.1. The molecule has 3 aliphatic heterocycles. The lowest BCUT2D eigenvalue weighted by Crippen LogP contribution is -2.59. The van der Waals surface area contributed by atoms with Crippen molar-refractivity contribution in [3.63, 3.8) is 0 Å². The van der Waals surface area contributed by atoms with Crippen LogP contribution in [0.1, 0.15) is 196 Å². The highest BCUT2D eigenvalue weighted by atomic mass is 32.2. The van der Waals surface area contributed by atoms with Gasteiger partial charge in [0.15, 0.2) is 19.7 Å². The largest absolute Gasteiger partial charge is 0.497 e. The first kappa shape index (κ1) is 61.8. The second kappa shape index (κ2) is 21.0. The Morgan fingerprint density at radius 1 is 0.378 bits per heavy atom. The van der Waals surface area contributed by atoms with Crippen molar-refractivity contribution in [2.24, 2.45) is 68.0 Å². The van der Waals surface area contributed by atoms with Crippen molar-refractivity contribution < 1.29 is 45.3 Å². The predicted molar refractivity (Wildman–Crippen MR) is 331 cm³/mol. The molecule has 0 aromatic heterocycles. The molecule has 6 fully saturated rings. The summed E-state index contributed by atoms with van der Waals surface area (Å²) < 4.78 is 87.5. The first-order valence-corrected chi connectivity index (χ1v) is 35.4. The molecule has 13 heteroatoms. The summed E-state index contributed by atoms with van der Waals surface area (Å²) >= 11 is 2.03. The molecule has 6 aliphatic carbocycles. The molecule has 12 rings (SSSR count). The molecule has 9 aliphatic rings. The van der Waals surface area contributed by atoms with Crippen LogP contribution in [0.15, 0.2) is 51.1 Å². The zero-order valence-electron chi connectivity index (χ0n) is 53.5. The van der Waals surface area contributed by atoms with Crippen LogP contribution in [0.25, 0.3) is 0 Å². The van der Waals surface area contributed by atoms with Crippen molar-refractivity contribution in [2.45, 2.75) is 210 Å². The van der Waals surface area contributed by atoms with Gasteiger partial charge in [0.05, 0.1) is 64.0 Å². The summed E-state index contributed by atoms with van der Waals surface area (Å²) in [5.41, 5.74) is 4.54. The maximum absolute atomic E-state index is 13.5. The number of methoxy groups -OCH3 is 6. The minimum atomic E-state index is -3.40. The second-order valence-corrected chi connectivity index (χ2v) is 35.8. The van der Waals surface area contributed by atoms with Crippen LogP contribution in [-0.2, 0) is 35.9 Å². The maximum atomic E-state index is 13.5. The van der Waals surface area contributed by atoms with E-state index in [4.69, 9.17) is 28.4 Å². The Balaban J connectivity index is 0.000000138. The third kappa shape index (κ3) is 9.45. The average molecular weight is 1190 g/mol. The molecule has 0 amide bonds. The average Bonchev–Trinajstić information content (AvgIpc) is 1.68. The van der Waals surface area contributed by atoms with Crippen LogP contribution < -0.4 is 28.4 Å². The molecule has 3 aromatic carbocycles. The topological polar surface area (TPSA) is 124 Å². The smallest absolute Gasteiger partial charge is 0.179 e. The zero-order chi connectivity index (χ0) is 59.8. The number of rotatable bonds is 6. The molecule has 456 valence electrons. The molecule has 12 atom stereocenters. The zero-order valence-corrected chi connectivity index (χ0v) is 55.9. The molecule has 0 radical (unpaired) electrons. The molecule has 82 heavy (non-hydrogen) atoms. The number of benzene rings is 3. The lowest BCUT2D eigenvalue weighted by molar-refractivity contribution is -0.0986. The van der Waals surface area contributed by atoms with Gasteiger partial charge in [0.25, 0.3) is 0 Å². The highest BCUT2D eigenvalue weighted by Crippen LogP contribution is 2.71. The monoisotopic (exact) mass is 1190 g/mol. The number of sulfone groups is 2. The Labute approximate surface area is 499 Å². The van der Waals surface area contributed by atoms with Crippen molar-refractivity contribution in [1.82, 2.24) is 0 Å². The molecule has 10 nitrogen and oxygen atoms in total. The van der Waals surface area contributed by atoms with Gasteiger partial charge >= 0.3 is 0 Å². The lowest BCUT2D eigenvalue weighted by Gasteiger charge is -2.64. The van der Waals surface area contributed by atoms with E-state index in [0.717, 1.165) is 67.1 Å².